The number of hydrogen-bond acceptors (Lipinski definition) is 4. The maximum atomic E-state index is 12.0. The van der Waals surface area contributed by atoms with E-state index in [2.05, 4.69) is 52.6 Å². The number of nitrogens with one attached hydrogen (secondary N) is 2. The molecule has 1 aromatic heterocycles. The normalized spacial score (nSPS) is 17.3. The van der Waals surface area contributed by atoms with Gasteiger partial charge >= 0.3 is 0 Å². The van der Waals surface area contributed by atoms with Crippen molar-refractivity contribution in [3.8, 4) is 0 Å². The van der Waals surface area contributed by atoms with Gasteiger partial charge in [0.1, 0.15) is 6.10 Å². The molecular weight excluding hydrogens is 384 g/mol. The maximum absolute atomic E-state index is 12.0. The van der Waals surface area contributed by atoms with Crippen molar-refractivity contribution in [2.45, 2.75) is 26.4 Å². The molecule has 2 N–H and O–H groups in total. The highest BCUT2D eigenvalue weighted by Crippen LogP contribution is 2.25. The quantitative estimate of drug-likeness (QED) is 0.433. The van der Waals surface area contributed by atoms with Gasteiger partial charge in [-0.3, -0.25) is 9.79 Å². The average molecular weight is 415 g/mol. The second kappa shape index (κ2) is 10.4. The molecule has 3 rings (SSSR count). The predicted molar refractivity (Wildman–Crippen MR) is 119 cm³/mol. The molecule has 1 amide bonds. The first-order valence-electron chi connectivity index (χ1n) is 10.0. The molecule has 29 heavy (non-hydrogen) atoms. The van der Waals surface area contributed by atoms with E-state index in [1.54, 1.807) is 0 Å². The number of morpholine rings is 1. The van der Waals surface area contributed by atoms with E-state index in [0.29, 0.717) is 13.2 Å². The number of nitrogens with zero attached hydrogens (tertiary/aromatic N) is 2. The zero-order valence-corrected chi connectivity index (χ0v) is 18.2. The number of carbonyl (C=O) groups excluding carboxylic acids is 1. The number of rotatable bonds is 6. The fourth-order valence-electron chi connectivity index (χ4n) is 3.53. The van der Waals surface area contributed by atoms with E-state index in [0.717, 1.165) is 36.9 Å². The first-order valence-corrected chi connectivity index (χ1v) is 10.9. The minimum absolute atomic E-state index is 0.00568. The standard InChI is InChI=1S/C22H30N4O2S/c1-16-7-8-18(17(2)14-16)19-15-26(11-12-28-19)22(23-3)25-10-5-9-24-21(27)20-6-4-13-29-20/h4,6-8,13-14,19H,5,9-12,15H2,1-3H3,(H,23,25)(H,24,27). The second-order valence-corrected chi connectivity index (χ2v) is 8.17. The number of amides is 1. The van der Waals surface area contributed by atoms with Gasteiger partial charge in [-0.25, -0.2) is 0 Å². The monoisotopic (exact) mass is 414 g/mol. The van der Waals surface area contributed by atoms with E-state index < -0.39 is 0 Å². The molecule has 0 spiro atoms. The largest absolute Gasteiger partial charge is 0.370 e. The number of thiophene rings is 1. The van der Waals surface area contributed by atoms with Crippen LogP contribution >= 0.6 is 11.3 Å². The fourth-order valence-corrected chi connectivity index (χ4v) is 4.17. The van der Waals surface area contributed by atoms with Crippen LogP contribution in [0.4, 0.5) is 0 Å². The summed E-state index contributed by atoms with van der Waals surface area (Å²) < 4.78 is 6.04. The van der Waals surface area contributed by atoms with Crippen molar-refractivity contribution in [1.29, 1.82) is 0 Å². The molecule has 1 fully saturated rings. The second-order valence-electron chi connectivity index (χ2n) is 7.23. The van der Waals surface area contributed by atoms with Crippen molar-refractivity contribution in [2.24, 2.45) is 4.99 Å². The molecule has 0 radical (unpaired) electrons. The Labute approximate surface area is 177 Å². The molecule has 0 aliphatic carbocycles. The van der Waals surface area contributed by atoms with Gasteiger partial charge < -0.3 is 20.3 Å². The minimum Gasteiger partial charge on any atom is -0.370 e. The highest BCUT2D eigenvalue weighted by Gasteiger charge is 2.25. The van der Waals surface area contributed by atoms with Crippen molar-refractivity contribution in [1.82, 2.24) is 15.5 Å². The van der Waals surface area contributed by atoms with Gasteiger partial charge in [-0.2, -0.15) is 0 Å². The summed E-state index contributed by atoms with van der Waals surface area (Å²) >= 11 is 1.46. The molecule has 2 heterocycles. The van der Waals surface area contributed by atoms with Crippen LogP contribution < -0.4 is 10.6 Å². The van der Waals surface area contributed by atoms with Gasteiger partial charge in [0, 0.05) is 26.7 Å². The third kappa shape index (κ3) is 5.81. The highest BCUT2D eigenvalue weighted by atomic mass is 32.1. The molecule has 0 saturated carbocycles. The smallest absolute Gasteiger partial charge is 0.261 e. The number of ether oxygens (including phenoxy) is 1. The molecule has 0 bridgehead atoms. The summed E-state index contributed by atoms with van der Waals surface area (Å²) in [6.07, 6.45) is 0.883. The van der Waals surface area contributed by atoms with Gasteiger partial charge in [0.25, 0.3) is 5.91 Å². The molecule has 1 atom stereocenters. The predicted octanol–water partition coefficient (Wildman–Crippen LogP) is 3.13. The van der Waals surface area contributed by atoms with Crippen LogP contribution in [0.15, 0.2) is 40.7 Å². The summed E-state index contributed by atoms with van der Waals surface area (Å²) in [6.45, 7) is 7.91. The Morgan fingerprint density at radius 1 is 1.28 bits per heavy atom. The third-order valence-electron chi connectivity index (χ3n) is 5.02. The Balaban J connectivity index is 1.46. The summed E-state index contributed by atoms with van der Waals surface area (Å²) in [5.74, 6) is 0.876. The number of guanidine groups is 1. The lowest BCUT2D eigenvalue weighted by Gasteiger charge is -2.35. The molecule has 156 valence electrons. The SMILES string of the molecule is CN=C(NCCCNC(=O)c1cccs1)N1CCOC(c2ccc(C)cc2C)C1. The molecule has 1 aliphatic heterocycles. The minimum atomic E-state index is -0.00568. The van der Waals surface area contributed by atoms with Gasteiger partial charge in [-0.05, 0) is 42.8 Å². The summed E-state index contributed by atoms with van der Waals surface area (Å²) in [6, 6.07) is 10.2. The van der Waals surface area contributed by atoms with E-state index >= 15 is 0 Å². The van der Waals surface area contributed by atoms with Crippen molar-refractivity contribution >= 4 is 23.2 Å². The van der Waals surface area contributed by atoms with Crippen LogP contribution in [0.25, 0.3) is 0 Å². The number of carbonyl (C=O) groups is 1. The van der Waals surface area contributed by atoms with Crippen molar-refractivity contribution in [3.05, 3.63) is 57.3 Å². The molecular formula is C22H30N4O2S. The molecule has 2 aromatic rings. The Bertz CT molecular complexity index is 835. The number of aryl methyl sites for hydroxylation is 2. The van der Waals surface area contributed by atoms with Crippen molar-refractivity contribution in [2.75, 3.05) is 39.8 Å². The van der Waals surface area contributed by atoms with Crippen LogP contribution in [-0.2, 0) is 4.74 Å². The molecule has 7 heteroatoms. The van der Waals surface area contributed by atoms with Crippen LogP contribution in [0.2, 0.25) is 0 Å². The third-order valence-corrected chi connectivity index (χ3v) is 5.89. The van der Waals surface area contributed by atoms with E-state index in [1.165, 1.54) is 28.0 Å². The van der Waals surface area contributed by atoms with Gasteiger partial charge in [0.15, 0.2) is 5.96 Å². The van der Waals surface area contributed by atoms with Crippen LogP contribution in [0.1, 0.15) is 38.9 Å². The summed E-state index contributed by atoms with van der Waals surface area (Å²) in [4.78, 5) is 19.4. The molecule has 1 unspecified atom stereocenters. The summed E-state index contributed by atoms with van der Waals surface area (Å²) in [5, 5.41) is 8.28. The first kappa shape index (κ1) is 21.3. The fraction of sp³-hybridized carbons (Fsp3) is 0.455. The summed E-state index contributed by atoms with van der Waals surface area (Å²) in [5.41, 5.74) is 3.77. The van der Waals surface area contributed by atoms with Crippen LogP contribution in [0, 0.1) is 13.8 Å². The lowest BCUT2D eigenvalue weighted by atomic mass is 10.00. The molecule has 1 aliphatic rings. The Morgan fingerprint density at radius 2 is 2.10 bits per heavy atom. The van der Waals surface area contributed by atoms with Crippen LogP contribution in [0.3, 0.4) is 0 Å². The first-order chi connectivity index (χ1) is 14.1. The molecule has 1 saturated heterocycles. The average Bonchev–Trinajstić information content (AvgIpc) is 3.26. The van der Waals surface area contributed by atoms with Crippen LogP contribution in [-0.4, -0.2) is 56.6 Å². The number of benzene rings is 1. The van der Waals surface area contributed by atoms with Crippen molar-refractivity contribution in [3.63, 3.8) is 0 Å². The number of aliphatic imine (C=N–C) groups is 1. The lowest BCUT2D eigenvalue weighted by Crippen LogP contribution is -2.48. The number of hydrogen-bond donors (Lipinski definition) is 2. The van der Waals surface area contributed by atoms with E-state index in [9.17, 15) is 4.79 Å². The zero-order valence-electron chi connectivity index (χ0n) is 17.4. The van der Waals surface area contributed by atoms with E-state index in [1.807, 2.05) is 24.6 Å². The van der Waals surface area contributed by atoms with Gasteiger partial charge in [-0.1, -0.05) is 29.8 Å². The Kier molecular flexibility index (Phi) is 7.66. The zero-order chi connectivity index (χ0) is 20.6. The van der Waals surface area contributed by atoms with Gasteiger partial charge in [0.05, 0.1) is 18.0 Å². The van der Waals surface area contributed by atoms with Crippen LogP contribution in [0.5, 0.6) is 0 Å². The summed E-state index contributed by atoms with van der Waals surface area (Å²) in [7, 11) is 1.81. The highest BCUT2D eigenvalue weighted by molar-refractivity contribution is 7.12. The molecule has 6 nitrogen and oxygen atoms in total. The Morgan fingerprint density at radius 3 is 2.83 bits per heavy atom. The maximum Gasteiger partial charge on any atom is 0.261 e. The van der Waals surface area contributed by atoms with Gasteiger partial charge in [-0.15, -0.1) is 11.3 Å². The van der Waals surface area contributed by atoms with E-state index in [-0.39, 0.29) is 12.0 Å². The topological polar surface area (TPSA) is 66.0 Å². The van der Waals surface area contributed by atoms with Gasteiger partial charge in [0.2, 0.25) is 0 Å². The van der Waals surface area contributed by atoms with E-state index in [4.69, 9.17) is 4.74 Å². The molecule has 1 aromatic carbocycles. The Hall–Kier alpha value is -2.38. The van der Waals surface area contributed by atoms with Crippen molar-refractivity contribution < 1.29 is 9.53 Å². The lowest BCUT2D eigenvalue weighted by molar-refractivity contribution is -0.00831.